The summed E-state index contributed by atoms with van der Waals surface area (Å²) in [5, 5.41) is 6.53. The number of anilines is 2. The molecule has 1 atom stereocenters. The maximum absolute atomic E-state index is 13.3. The summed E-state index contributed by atoms with van der Waals surface area (Å²) < 4.78 is 0. The van der Waals surface area contributed by atoms with Crippen molar-refractivity contribution in [2.24, 2.45) is 0 Å². The molecule has 5 rings (SSSR count). The van der Waals surface area contributed by atoms with Crippen LogP contribution in [0.4, 0.5) is 11.5 Å². The lowest BCUT2D eigenvalue weighted by atomic mass is 10.0. The minimum absolute atomic E-state index is 0.0825. The first-order valence-corrected chi connectivity index (χ1v) is 10.7. The number of nitrogens with zero attached hydrogens (tertiary/aromatic N) is 4. The van der Waals surface area contributed by atoms with E-state index in [0.29, 0.717) is 36.7 Å². The zero-order valence-corrected chi connectivity index (χ0v) is 17.6. The van der Waals surface area contributed by atoms with Gasteiger partial charge in [-0.3, -0.25) is 14.6 Å². The van der Waals surface area contributed by atoms with Crippen molar-refractivity contribution in [1.29, 1.82) is 0 Å². The van der Waals surface area contributed by atoms with Gasteiger partial charge in [0.25, 0.3) is 5.91 Å². The third kappa shape index (κ3) is 4.04. The first-order valence-electron chi connectivity index (χ1n) is 10.7. The third-order valence-corrected chi connectivity index (χ3v) is 5.82. The Bertz CT molecular complexity index is 1120. The minimum atomic E-state index is -0.0847. The molecule has 32 heavy (non-hydrogen) atoms. The Morgan fingerprint density at radius 1 is 1.09 bits per heavy atom. The number of piperazine rings is 1. The quantitative estimate of drug-likeness (QED) is 0.662. The van der Waals surface area contributed by atoms with E-state index >= 15 is 0 Å². The van der Waals surface area contributed by atoms with Crippen LogP contribution in [0.25, 0.3) is 0 Å². The molecule has 0 radical (unpaired) electrons. The molecule has 1 fully saturated rings. The molecule has 0 saturated carbocycles. The fourth-order valence-corrected chi connectivity index (χ4v) is 4.15. The van der Waals surface area contributed by atoms with Crippen molar-refractivity contribution >= 4 is 23.3 Å². The van der Waals surface area contributed by atoms with Crippen molar-refractivity contribution in [2.45, 2.75) is 12.6 Å². The molecule has 1 unspecified atom stereocenters. The van der Waals surface area contributed by atoms with Gasteiger partial charge in [-0.1, -0.05) is 36.4 Å². The topological polar surface area (TPSA) is 90.5 Å². The van der Waals surface area contributed by atoms with Crippen LogP contribution in [0.2, 0.25) is 0 Å². The lowest BCUT2D eigenvalue weighted by Crippen LogP contribution is -2.48. The molecule has 1 saturated heterocycles. The molecule has 162 valence electrons. The Morgan fingerprint density at radius 2 is 1.94 bits per heavy atom. The molecule has 8 heteroatoms. The Hall–Kier alpha value is -3.78. The molecule has 0 aliphatic carbocycles. The Balaban J connectivity index is 1.39. The van der Waals surface area contributed by atoms with Gasteiger partial charge in [0.15, 0.2) is 5.82 Å². The van der Waals surface area contributed by atoms with Crippen LogP contribution in [0.3, 0.4) is 0 Å². The molecule has 2 N–H and O–H groups in total. The van der Waals surface area contributed by atoms with Crippen LogP contribution >= 0.6 is 0 Å². The lowest BCUT2D eigenvalue weighted by molar-refractivity contribution is -0.117. The van der Waals surface area contributed by atoms with Gasteiger partial charge in [0, 0.05) is 38.1 Å². The maximum atomic E-state index is 13.3. The lowest BCUT2D eigenvalue weighted by Gasteiger charge is -2.34. The molecule has 0 bridgehead atoms. The predicted molar refractivity (Wildman–Crippen MR) is 121 cm³/mol. The highest BCUT2D eigenvalue weighted by Gasteiger charge is 2.29. The van der Waals surface area contributed by atoms with Gasteiger partial charge in [0.1, 0.15) is 0 Å². The van der Waals surface area contributed by atoms with E-state index in [1.54, 1.807) is 23.4 Å². The molecule has 0 spiro atoms. The van der Waals surface area contributed by atoms with Gasteiger partial charge in [-0.25, -0.2) is 4.98 Å². The molecule has 2 aromatic heterocycles. The first kappa shape index (κ1) is 20.1. The summed E-state index contributed by atoms with van der Waals surface area (Å²) in [6.07, 6.45) is 3.29. The van der Waals surface area contributed by atoms with Crippen molar-refractivity contribution in [2.75, 3.05) is 36.4 Å². The second-order valence-electron chi connectivity index (χ2n) is 7.91. The van der Waals surface area contributed by atoms with Gasteiger partial charge >= 0.3 is 0 Å². The average molecular weight is 428 g/mol. The highest BCUT2D eigenvalue weighted by Crippen LogP contribution is 2.30. The second-order valence-corrected chi connectivity index (χ2v) is 7.91. The van der Waals surface area contributed by atoms with Crippen LogP contribution < -0.4 is 15.5 Å². The number of rotatable bonds is 4. The van der Waals surface area contributed by atoms with Crippen LogP contribution in [0.5, 0.6) is 0 Å². The standard InChI is InChI=1S/C24H24N6O2/c31-22-14-28-23-21(30(22)15-19-8-4-5-9-25-19)12-18(13-27-23)24(32)29-11-10-26-20(16-29)17-6-2-1-3-7-17/h1-9,12-13,20,26H,10-11,14-16H2,(H,27,28). The van der Waals surface area contributed by atoms with Gasteiger partial charge in [0.05, 0.1) is 30.0 Å². The number of amides is 2. The Labute approximate surface area is 186 Å². The fourth-order valence-electron chi connectivity index (χ4n) is 4.15. The summed E-state index contributed by atoms with van der Waals surface area (Å²) in [6.45, 7) is 2.41. The minimum Gasteiger partial charge on any atom is -0.359 e. The molecule has 4 heterocycles. The molecule has 2 aliphatic heterocycles. The zero-order valence-electron chi connectivity index (χ0n) is 17.6. The van der Waals surface area contributed by atoms with Crippen LogP contribution in [0.15, 0.2) is 67.0 Å². The second kappa shape index (κ2) is 8.76. The summed E-state index contributed by atoms with van der Waals surface area (Å²) in [4.78, 5) is 38.2. The molecule has 2 amide bonds. The van der Waals surface area contributed by atoms with E-state index in [9.17, 15) is 9.59 Å². The highest BCUT2D eigenvalue weighted by atomic mass is 16.2. The number of benzene rings is 1. The van der Waals surface area contributed by atoms with E-state index in [1.165, 1.54) is 0 Å². The van der Waals surface area contributed by atoms with Gasteiger partial charge in [-0.15, -0.1) is 0 Å². The van der Waals surface area contributed by atoms with Crippen LogP contribution in [0.1, 0.15) is 27.7 Å². The average Bonchev–Trinajstić information content (AvgIpc) is 2.86. The van der Waals surface area contributed by atoms with Gasteiger partial charge < -0.3 is 20.4 Å². The number of hydrogen-bond acceptors (Lipinski definition) is 6. The third-order valence-electron chi connectivity index (χ3n) is 5.82. The van der Waals surface area contributed by atoms with Gasteiger partial charge in [-0.05, 0) is 23.8 Å². The summed E-state index contributed by atoms with van der Waals surface area (Å²) in [7, 11) is 0. The van der Waals surface area contributed by atoms with Crippen LogP contribution in [0, 0.1) is 0 Å². The zero-order chi connectivity index (χ0) is 21.9. The number of nitrogens with one attached hydrogen (secondary N) is 2. The summed E-state index contributed by atoms with van der Waals surface area (Å²) in [5.74, 6) is 0.430. The number of fused-ring (bicyclic) bond motifs is 1. The van der Waals surface area contributed by atoms with Crippen LogP contribution in [-0.2, 0) is 11.3 Å². The van der Waals surface area contributed by atoms with E-state index in [1.807, 2.05) is 41.3 Å². The van der Waals surface area contributed by atoms with Crippen molar-refractivity contribution in [3.05, 3.63) is 83.8 Å². The molecule has 8 nitrogen and oxygen atoms in total. The van der Waals surface area contributed by atoms with Crippen molar-refractivity contribution in [3.63, 3.8) is 0 Å². The number of aromatic nitrogens is 2. The van der Waals surface area contributed by atoms with Crippen molar-refractivity contribution in [3.8, 4) is 0 Å². The normalized spacial score (nSPS) is 18.1. The SMILES string of the molecule is O=C(c1cnc2c(c1)N(Cc1ccccn1)C(=O)CN2)N1CCNC(c2ccccc2)C1. The molecule has 1 aromatic carbocycles. The number of carbonyl (C=O) groups excluding carboxylic acids is 2. The van der Waals surface area contributed by atoms with E-state index in [4.69, 9.17) is 0 Å². The number of carbonyl (C=O) groups is 2. The monoisotopic (exact) mass is 428 g/mol. The van der Waals surface area contributed by atoms with Crippen LogP contribution in [-0.4, -0.2) is 52.9 Å². The largest absolute Gasteiger partial charge is 0.359 e. The maximum Gasteiger partial charge on any atom is 0.255 e. The number of pyridine rings is 2. The van der Waals surface area contributed by atoms with E-state index in [-0.39, 0.29) is 24.4 Å². The molecule has 3 aromatic rings. The van der Waals surface area contributed by atoms with E-state index in [2.05, 4.69) is 32.7 Å². The highest BCUT2D eigenvalue weighted by molar-refractivity contribution is 6.04. The fraction of sp³-hybridized carbons (Fsp3) is 0.250. The predicted octanol–water partition coefficient (Wildman–Crippen LogP) is 2.22. The van der Waals surface area contributed by atoms with Crippen molar-refractivity contribution < 1.29 is 9.59 Å². The molecule has 2 aliphatic rings. The Morgan fingerprint density at radius 3 is 2.75 bits per heavy atom. The number of hydrogen-bond donors (Lipinski definition) is 2. The van der Waals surface area contributed by atoms with E-state index < -0.39 is 0 Å². The summed E-state index contributed by atoms with van der Waals surface area (Å²) in [6, 6.07) is 17.6. The molecular weight excluding hydrogens is 404 g/mol. The molecular formula is C24H24N6O2. The summed E-state index contributed by atoms with van der Waals surface area (Å²) >= 11 is 0. The van der Waals surface area contributed by atoms with Gasteiger partial charge in [-0.2, -0.15) is 0 Å². The van der Waals surface area contributed by atoms with E-state index in [0.717, 1.165) is 17.8 Å². The Kier molecular flexibility index (Phi) is 5.51. The summed E-state index contributed by atoms with van der Waals surface area (Å²) in [5.41, 5.74) is 3.01. The smallest absolute Gasteiger partial charge is 0.255 e. The first-order chi connectivity index (χ1) is 15.7. The van der Waals surface area contributed by atoms with Gasteiger partial charge in [0.2, 0.25) is 5.91 Å². The van der Waals surface area contributed by atoms with Crippen molar-refractivity contribution in [1.82, 2.24) is 20.2 Å².